The topological polar surface area (TPSA) is 67.0 Å². The Morgan fingerprint density at radius 3 is 0.636 bits per heavy atom. The van der Waals surface area contributed by atoms with Crippen molar-refractivity contribution < 1.29 is 69.0 Å². The molecule has 1 saturated carbocycles. The van der Waals surface area contributed by atoms with Gasteiger partial charge in [0.15, 0.2) is 0 Å². The van der Waals surface area contributed by atoms with Gasteiger partial charge >= 0.3 is 21.1 Å². The third-order valence-electron chi connectivity index (χ3n) is 1.50. The average molecular weight is 565 g/mol. The molecule has 2 nitrogen and oxygen atoms in total. The van der Waals surface area contributed by atoms with Gasteiger partial charge in [0.05, 0.1) is 0 Å². The molecule has 1 aliphatic carbocycles. The first-order chi connectivity index (χ1) is 3.00. The van der Waals surface area contributed by atoms with Gasteiger partial charge in [0, 0.05) is 0 Å². The zero-order valence-corrected chi connectivity index (χ0v) is 13.1. The fourth-order valence-electron chi connectivity index (χ4n) is 1.06. The van der Waals surface area contributed by atoms with E-state index in [-0.39, 0.29) is 81.3 Å². The molecule has 0 heterocycles. The van der Waals surface area contributed by atoms with E-state index in [1.807, 2.05) is 0 Å². The minimum Gasteiger partial charge on any atom is -1.00 e. The average Bonchev–Trinajstić information content (AvgIpc) is 1.72. The fraction of sp³-hybridized carbons (Fsp3) is 1.00. The minimum atomic E-state index is 0. The second-order valence-corrected chi connectivity index (χ2v) is 2.12. The van der Waals surface area contributed by atoms with Gasteiger partial charge < -0.3 is 60.3 Å². The third-order valence-corrected chi connectivity index (χ3v) is 1.50. The summed E-state index contributed by atoms with van der Waals surface area (Å²) in [7, 11) is 0. The molecule has 0 atom stereocenters. The van der Waals surface area contributed by atoms with Crippen LogP contribution in [0.4, 0.5) is 0 Å². The Bertz CT molecular complexity index is 34.1. The van der Waals surface area contributed by atoms with Crippen LogP contribution in [-0.4, -0.2) is 0 Å². The second-order valence-electron chi connectivity index (χ2n) is 2.12. The summed E-state index contributed by atoms with van der Waals surface area (Å²) in [4.78, 5) is 0. The molecule has 1 fully saturated rings. The van der Waals surface area contributed by atoms with Gasteiger partial charge in [0.1, 0.15) is 0 Å². The molecule has 4 N–H and O–H groups in total. The van der Waals surface area contributed by atoms with E-state index in [0.717, 1.165) is 0 Å². The summed E-state index contributed by atoms with van der Waals surface area (Å²) in [5.74, 6) is 0. The van der Waals surface area contributed by atoms with E-state index < -0.39 is 0 Å². The van der Waals surface area contributed by atoms with Crippen molar-refractivity contribution >= 4 is 0 Å². The first-order valence-corrected chi connectivity index (χ1v) is 3.00. The van der Waals surface area contributed by atoms with Gasteiger partial charge in [0.2, 0.25) is 0 Å². The van der Waals surface area contributed by atoms with Crippen molar-refractivity contribution in [2.24, 2.45) is 0 Å². The zero-order valence-electron chi connectivity index (χ0n) is 6.47. The Morgan fingerprint density at radius 2 is 0.545 bits per heavy atom. The maximum atomic E-state index is 1.50. The van der Waals surface area contributed by atoms with Crippen molar-refractivity contribution in [1.82, 2.24) is 0 Å². The van der Waals surface area contributed by atoms with Gasteiger partial charge in [-0.15, -0.1) is 0 Å². The zero-order chi connectivity index (χ0) is 4.24. The molecule has 0 aromatic heterocycles. The van der Waals surface area contributed by atoms with Crippen molar-refractivity contribution in [1.29, 1.82) is 0 Å². The van der Waals surface area contributed by atoms with E-state index in [1.165, 1.54) is 38.5 Å². The number of halogens is 2. The molecule has 5 heteroatoms. The predicted octanol–water partition coefficient (Wildman–Crippen LogP) is -2.22. The molecule has 0 radical (unpaired) electrons. The van der Waals surface area contributed by atoms with Crippen LogP contribution >= 0.6 is 0 Å². The third kappa shape index (κ3) is 18.8. The molecule has 1 aliphatic rings. The molecule has 0 aromatic carbocycles. The minimum absolute atomic E-state index is 0. The van der Waals surface area contributed by atoms with Crippen LogP contribution in [0.5, 0.6) is 0 Å². The van der Waals surface area contributed by atoms with Crippen molar-refractivity contribution in [3.8, 4) is 0 Å². The summed E-state index contributed by atoms with van der Waals surface area (Å²) in [5.41, 5.74) is 0. The van der Waals surface area contributed by atoms with Gasteiger partial charge in [-0.3, -0.25) is 0 Å². The van der Waals surface area contributed by atoms with Crippen molar-refractivity contribution in [2.45, 2.75) is 38.5 Å². The Kier molecular flexibility index (Phi) is 60.4. The molecule has 0 spiro atoms. The molecular formula is C6H16I2N2Pt. The van der Waals surface area contributed by atoms with Crippen molar-refractivity contribution in [3.63, 3.8) is 0 Å². The molecule has 11 heavy (non-hydrogen) atoms. The first-order valence-electron chi connectivity index (χ1n) is 3.00. The van der Waals surface area contributed by atoms with Crippen LogP contribution in [0.3, 0.4) is 0 Å². The number of nitrogens with two attached hydrogens (primary N) is 2. The SMILES string of the molecule is C1CCCCC1.[I-].[I-].[NH2-].[NH2-].[Pt+4]. The Morgan fingerprint density at radius 1 is 0.455 bits per heavy atom. The van der Waals surface area contributed by atoms with E-state index in [0.29, 0.717) is 0 Å². The summed E-state index contributed by atoms with van der Waals surface area (Å²) >= 11 is 0. The molecule has 1 rings (SSSR count). The number of hydrogen-bond donors (Lipinski definition) is 0. The quantitative estimate of drug-likeness (QED) is 0.299. The van der Waals surface area contributed by atoms with E-state index in [4.69, 9.17) is 0 Å². The maximum Gasteiger partial charge on any atom is 4.00 e. The molecule has 0 saturated heterocycles. The second kappa shape index (κ2) is 22.7. The van der Waals surface area contributed by atoms with Crippen LogP contribution in [0.2, 0.25) is 0 Å². The molecule has 0 unspecified atom stereocenters. The molecule has 74 valence electrons. The van der Waals surface area contributed by atoms with Gasteiger partial charge in [-0.25, -0.2) is 0 Å². The van der Waals surface area contributed by atoms with Gasteiger partial charge in [-0.05, 0) is 0 Å². The van der Waals surface area contributed by atoms with Gasteiger partial charge in [0.25, 0.3) is 0 Å². The summed E-state index contributed by atoms with van der Waals surface area (Å²) in [6.07, 6.45) is 9.00. The summed E-state index contributed by atoms with van der Waals surface area (Å²) in [6.45, 7) is 0. The number of rotatable bonds is 0. The summed E-state index contributed by atoms with van der Waals surface area (Å²) in [5, 5.41) is 0. The fourth-order valence-corrected chi connectivity index (χ4v) is 1.06. The molecule has 0 bridgehead atoms. The van der Waals surface area contributed by atoms with E-state index >= 15 is 0 Å². The van der Waals surface area contributed by atoms with Crippen LogP contribution in [0, 0.1) is 0 Å². The van der Waals surface area contributed by atoms with Crippen molar-refractivity contribution in [3.05, 3.63) is 12.3 Å². The Hall–Kier alpha value is 2.07. The molecular weight excluding hydrogens is 549 g/mol. The largest absolute Gasteiger partial charge is 4.00 e. The molecule has 0 aromatic rings. The normalized spacial score (nSPS) is 13.1. The van der Waals surface area contributed by atoms with Crippen LogP contribution in [0.25, 0.3) is 12.3 Å². The monoisotopic (exact) mass is 565 g/mol. The van der Waals surface area contributed by atoms with E-state index in [9.17, 15) is 0 Å². The summed E-state index contributed by atoms with van der Waals surface area (Å²) in [6, 6.07) is 0. The number of hydrogen-bond acceptors (Lipinski definition) is 0. The first kappa shape index (κ1) is 29.2. The summed E-state index contributed by atoms with van der Waals surface area (Å²) < 4.78 is 0. The van der Waals surface area contributed by atoms with Gasteiger partial charge in [-0.1, -0.05) is 38.5 Å². The van der Waals surface area contributed by atoms with Crippen LogP contribution in [0.1, 0.15) is 38.5 Å². The molecule has 0 aliphatic heterocycles. The Labute approximate surface area is 119 Å². The van der Waals surface area contributed by atoms with Crippen LogP contribution < -0.4 is 48.0 Å². The van der Waals surface area contributed by atoms with Crippen molar-refractivity contribution in [2.75, 3.05) is 0 Å². The van der Waals surface area contributed by atoms with E-state index in [2.05, 4.69) is 0 Å². The Balaban J connectivity index is -0.0000000240. The maximum absolute atomic E-state index is 1.50. The van der Waals surface area contributed by atoms with Gasteiger partial charge in [-0.2, -0.15) is 0 Å². The van der Waals surface area contributed by atoms with Crippen LogP contribution in [-0.2, 0) is 21.1 Å². The van der Waals surface area contributed by atoms with E-state index in [1.54, 1.807) is 0 Å². The predicted molar refractivity (Wildman–Crippen MR) is 38.3 cm³/mol. The van der Waals surface area contributed by atoms with Crippen LogP contribution in [0.15, 0.2) is 0 Å². The standard InChI is InChI=1S/C6H12.2HI.2H2N.Pt/c1-2-4-6-5-3-1;;;;;/h1-6H2;2*1H;2*1H2;/q;;;2*-1;+4/p-2. The molecule has 0 amide bonds. The smallest absolute Gasteiger partial charge is 1.00 e.